The molecule has 2 aromatic rings. The molecule has 0 fully saturated rings. The van der Waals surface area contributed by atoms with Gasteiger partial charge >= 0.3 is 0 Å². The van der Waals surface area contributed by atoms with Crippen LogP contribution in [0.15, 0.2) is 24.4 Å². The molecule has 1 aromatic heterocycles. The van der Waals surface area contributed by atoms with E-state index in [4.69, 9.17) is 9.84 Å². The summed E-state index contributed by atoms with van der Waals surface area (Å²) in [7, 11) is 0. The number of aryl methyl sites for hydroxylation is 1. The molecule has 0 aliphatic heterocycles. The summed E-state index contributed by atoms with van der Waals surface area (Å²) < 4.78 is 7.08. The first-order chi connectivity index (χ1) is 9.72. The summed E-state index contributed by atoms with van der Waals surface area (Å²) in [5.74, 6) is 0.879. The zero-order valence-electron chi connectivity index (χ0n) is 11.8. The fraction of sp³-hybridized carbons (Fsp3) is 0.429. The van der Waals surface area contributed by atoms with Crippen LogP contribution < -0.4 is 10.1 Å². The van der Waals surface area contributed by atoms with Crippen molar-refractivity contribution in [2.45, 2.75) is 26.9 Å². The molecule has 0 unspecified atom stereocenters. The molecule has 1 aromatic carbocycles. The van der Waals surface area contributed by atoms with E-state index < -0.39 is 0 Å². The average Bonchev–Trinajstić information content (AvgIpc) is 2.86. The van der Waals surface area contributed by atoms with Crippen molar-refractivity contribution < 1.29 is 9.84 Å². The van der Waals surface area contributed by atoms with E-state index in [0.29, 0.717) is 19.7 Å². The zero-order chi connectivity index (χ0) is 14.4. The molecule has 0 amide bonds. The Morgan fingerprint density at radius 1 is 1.40 bits per heavy atom. The molecule has 0 spiro atoms. The second-order valence-electron chi connectivity index (χ2n) is 4.46. The van der Waals surface area contributed by atoms with E-state index in [9.17, 15) is 0 Å². The first-order valence-corrected chi connectivity index (χ1v) is 6.70. The molecular weight excluding hydrogens is 256 g/mol. The van der Waals surface area contributed by atoms with Crippen LogP contribution in [0.2, 0.25) is 0 Å². The third-order valence-corrected chi connectivity index (χ3v) is 2.88. The van der Waals surface area contributed by atoms with E-state index in [1.54, 1.807) is 4.68 Å². The molecule has 0 saturated carbocycles. The fourth-order valence-corrected chi connectivity index (χ4v) is 1.91. The third kappa shape index (κ3) is 3.71. The van der Waals surface area contributed by atoms with Crippen molar-refractivity contribution in [2.24, 2.45) is 0 Å². The van der Waals surface area contributed by atoms with Gasteiger partial charge < -0.3 is 15.2 Å². The van der Waals surface area contributed by atoms with Crippen molar-refractivity contribution in [3.63, 3.8) is 0 Å². The van der Waals surface area contributed by atoms with Crippen LogP contribution >= 0.6 is 0 Å². The summed E-state index contributed by atoms with van der Waals surface area (Å²) in [6.45, 7) is 5.80. The Hall–Kier alpha value is -2.08. The quantitative estimate of drug-likeness (QED) is 0.803. The molecule has 0 bridgehead atoms. The van der Waals surface area contributed by atoms with Gasteiger partial charge in [-0.25, -0.2) is 4.68 Å². The Bertz CT molecular complexity index is 554. The van der Waals surface area contributed by atoms with Crippen LogP contribution in [0, 0.1) is 6.92 Å². The number of aliphatic hydroxyl groups is 1. The van der Waals surface area contributed by atoms with Gasteiger partial charge in [-0.2, -0.15) is 0 Å². The maximum atomic E-state index is 8.83. The second-order valence-corrected chi connectivity index (χ2v) is 4.46. The highest BCUT2D eigenvalue weighted by Gasteiger charge is 2.03. The van der Waals surface area contributed by atoms with Crippen LogP contribution in [-0.4, -0.2) is 33.3 Å². The number of aliphatic hydroxyl groups excluding tert-OH is 1. The molecule has 6 heteroatoms. The number of nitrogens with one attached hydrogen (secondary N) is 1. The maximum Gasteiger partial charge on any atom is 0.119 e. The molecule has 1 heterocycles. The predicted octanol–water partition coefficient (Wildman–Crippen LogP) is 1.59. The Morgan fingerprint density at radius 3 is 2.95 bits per heavy atom. The van der Waals surface area contributed by atoms with E-state index in [1.807, 2.05) is 38.2 Å². The van der Waals surface area contributed by atoms with E-state index in [2.05, 4.69) is 15.6 Å². The molecule has 108 valence electrons. The van der Waals surface area contributed by atoms with Crippen LogP contribution in [0.3, 0.4) is 0 Å². The minimum atomic E-state index is 0.0637. The lowest BCUT2D eigenvalue weighted by atomic mass is 10.2. The van der Waals surface area contributed by atoms with Crippen molar-refractivity contribution >= 4 is 5.69 Å². The Balaban J connectivity index is 1.95. The smallest absolute Gasteiger partial charge is 0.119 e. The van der Waals surface area contributed by atoms with Gasteiger partial charge in [0.05, 0.1) is 32.5 Å². The van der Waals surface area contributed by atoms with Gasteiger partial charge in [-0.3, -0.25) is 0 Å². The summed E-state index contributed by atoms with van der Waals surface area (Å²) >= 11 is 0. The molecule has 6 nitrogen and oxygen atoms in total. The SMILES string of the molecule is CCOc1ccc(NCc2cn(CCO)nn2)c(C)c1. The summed E-state index contributed by atoms with van der Waals surface area (Å²) in [5, 5.41) is 20.1. The number of hydrogen-bond acceptors (Lipinski definition) is 5. The number of ether oxygens (including phenoxy) is 1. The van der Waals surface area contributed by atoms with Gasteiger partial charge in [-0.15, -0.1) is 5.10 Å². The molecular formula is C14H20N4O2. The van der Waals surface area contributed by atoms with Crippen LogP contribution in [-0.2, 0) is 13.1 Å². The lowest BCUT2D eigenvalue weighted by Crippen LogP contribution is -2.03. The molecule has 0 radical (unpaired) electrons. The molecule has 0 aliphatic carbocycles. The van der Waals surface area contributed by atoms with Gasteiger partial charge in [0, 0.05) is 5.69 Å². The first kappa shape index (κ1) is 14.3. The van der Waals surface area contributed by atoms with Gasteiger partial charge in [0.15, 0.2) is 0 Å². The molecule has 0 aliphatic rings. The van der Waals surface area contributed by atoms with E-state index in [0.717, 1.165) is 22.7 Å². The van der Waals surface area contributed by atoms with Gasteiger partial charge in [0.1, 0.15) is 11.4 Å². The number of anilines is 1. The molecule has 0 saturated heterocycles. The van der Waals surface area contributed by atoms with Crippen LogP contribution in [0.1, 0.15) is 18.2 Å². The molecule has 2 rings (SSSR count). The van der Waals surface area contributed by atoms with Crippen molar-refractivity contribution in [1.29, 1.82) is 0 Å². The van der Waals surface area contributed by atoms with E-state index in [1.165, 1.54) is 0 Å². The number of aromatic nitrogens is 3. The van der Waals surface area contributed by atoms with Gasteiger partial charge in [0.25, 0.3) is 0 Å². The highest BCUT2D eigenvalue weighted by Crippen LogP contribution is 2.21. The van der Waals surface area contributed by atoms with Gasteiger partial charge in [-0.1, -0.05) is 5.21 Å². The summed E-state index contributed by atoms with van der Waals surface area (Å²) in [4.78, 5) is 0. The highest BCUT2D eigenvalue weighted by molar-refractivity contribution is 5.53. The Kier molecular flexibility index (Phi) is 4.95. The maximum absolute atomic E-state index is 8.83. The van der Waals surface area contributed by atoms with Crippen molar-refractivity contribution in [3.8, 4) is 5.75 Å². The van der Waals surface area contributed by atoms with Crippen molar-refractivity contribution in [2.75, 3.05) is 18.5 Å². The second kappa shape index (κ2) is 6.91. The lowest BCUT2D eigenvalue weighted by molar-refractivity contribution is 0.268. The monoisotopic (exact) mass is 276 g/mol. The van der Waals surface area contributed by atoms with Crippen LogP contribution in [0.4, 0.5) is 5.69 Å². The zero-order valence-corrected chi connectivity index (χ0v) is 11.8. The van der Waals surface area contributed by atoms with E-state index in [-0.39, 0.29) is 6.61 Å². The number of benzene rings is 1. The standard InChI is InChI=1S/C14H20N4O2/c1-3-20-13-4-5-14(11(2)8-13)15-9-12-10-18(6-7-19)17-16-12/h4-5,8,10,15,19H,3,6-7,9H2,1-2H3. The number of nitrogens with zero attached hydrogens (tertiary/aromatic N) is 3. The largest absolute Gasteiger partial charge is 0.494 e. The van der Waals surface area contributed by atoms with Crippen LogP contribution in [0.5, 0.6) is 5.75 Å². The summed E-state index contributed by atoms with van der Waals surface area (Å²) in [6.07, 6.45) is 1.83. The minimum absolute atomic E-state index is 0.0637. The topological polar surface area (TPSA) is 72.2 Å². The number of hydrogen-bond donors (Lipinski definition) is 2. The third-order valence-electron chi connectivity index (χ3n) is 2.88. The summed E-state index contributed by atoms with van der Waals surface area (Å²) in [5.41, 5.74) is 3.01. The van der Waals surface area contributed by atoms with Gasteiger partial charge in [0.2, 0.25) is 0 Å². The summed E-state index contributed by atoms with van der Waals surface area (Å²) in [6, 6.07) is 5.95. The lowest BCUT2D eigenvalue weighted by Gasteiger charge is -2.10. The predicted molar refractivity (Wildman–Crippen MR) is 76.8 cm³/mol. The minimum Gasteiger partial charge on any atom is -0.494 e. The highest BCUT2D eigenvalue weighted by atomic mass is 16.5. The van der Waals surface area contributed by atoms with Crippen molar-refractivity contribution in [3.05, 3.63) is 35.7 Å². The van der Waals surface area contributed by atoms with E-state index >= 15 is 0 Å². The van der Waals surface area contributed by atoms with Crippen molar-refractivity contribution in [1.82, 2.24) is 15.0 Å². The van der Waals surface area contributed by atoms with Gasteiger partial charge in [-0.05, 0) is 37.6 Å². The molecule has 0 atom stereocenters. The first-order valence-electron chi connectivity index (χ1n) is 6.70. The average molecular weight is 276 g/mol. The Morgan fingerprint density at radius 2 is 2.25 bits per heavy atom. The Labute approximate surface area is 118 Å². The number of rotatable bonds is 7. The molecule has 2 N–H and O–H groups in total. The normalized spacial score (nSPS) is 10.6. The fourth-order valence-electron chi connectivity index (χ4n) is 1.91. The van der Waals surface area contributed by atoms with Crippen LogP contribution in [0.25, 0.3) is 0 Å². The molecule has 20 heavy (non-hydrogen) atoms.